The summed E-state index contributed by atoms with van der Waals surface area (Å²) in [5.41, 5.74) is 0.834. The van der Waals surface area contributed by atoms with Gasteiger partial charge in [0.1, 0.15) is 0 Å². The fourth-order valence-corrected chi connectivity index (χ4v) is 4.51. The van der Waals surface area contributed by atoms with Gasteiger partial charge in [0.05, 0.1) is 32.3 Å². The Labute approximate surface area is 163 Å². The molecule has 0 bridgehead atoms. The van der Waals surface area contributed by atoms with Crippen molar-refractivity contribution in [3.63, 3.8) is 0 Å². The minimum Gasteiger partial charge on any atom is -0.494 e. The number of hydrogen-bond acceptors (Lipinski definition) is 6. The lowest BCUT2D eigenvalue weighted by atomic mass is 10.2. The second-order valence-corrected chi connectivity index (χ2v) is 9.21. The van der Waals surface area contributed by atoms with E-state index in [1.807, 2.05) is 0 Å². The summed E-state index contributed by atoms with van der Waals surface area (Å²) in [4.78, 5) is 16.9. The minimum absolute atomic E-state index is 0.195. The lowest BCUT2D eigenvalue weighted by Gasteiger charge is -2.08. The summed E-state index contributed by atoms with van der Waals surface area (Å²) in [5.74, 6) is -0.156. The van der Waals surface area contributed by atoms with Crippen LogP contribution in [0.3, 0.4) is 0 Å². The molecule has 6 nitrogen and oxygen atoms in total. The van der Waals surface area contributed by atoms with Gasteiger partial charge in [0.25, 0.3) is 5.91 Å². The van der Waals surface area contributed by atoms with E-state index in [-0.39, 0.29) is 26.3 Å². The van der Waals surface area contributed by atoms with Gasteiger partial charge in [-0.3, -0.25) is 10.1 Å². The molecule has 3 aromatic rings. The van der Waals surface area contributed by atoms with Gasteiger partial charge in [-0.05, 0) is 30.3 Å². The van der Waals surface area contributed by atoms with E-state index in [0.717, 1.165) is 6.26 Å². The van der Waals surface area contributed by atoms with Crippen molar-refractivity contribution in [3.8, 4) is 5.75 Å². The molecule has 136 valence electrons. The molecule has 1 N–H and O–H groups in total. The number of aromatic nitrogens is 1. The van der Waals surface area contributed by atoms with E-state index in [9.17, 15) is 13.2 Å². The highest BCUT2D eigenvalue weighted by Gasteiger charge is 2.16. The molecule has 1 aromatic heterocycles. The summed E-state index contributed by atoms with van der Waals surface area (Å²) in [5, 5.41) is 3.42. The highest BCUT2D eigenvalue weighted by Crippen LogP contribution is 2.34. The molecular weight excluding hydrogens is 419 g/mol. The zero-order valence-electron chi connectivity index (χ0n) is 13.5. The molecular formula is C16H12Cl2N2O4S2. The smallest absolute Gasteiger partial charge is 0.257 e. The third-order valence-corrected chi connectivity index (χ3v) is 6.08. The van der Waals surface area contributed by atoms with E-state index in [2.05, 4.69) is 10.3 Å². The Morgan fingerprint density at radius 2 is 1.85 bits per heavy atom. The van der Waals surface area contributed by atoms with E-state index in [1.165, 1.54) is 42.7 Å². The molecule has 0 aliphatic carbocycles. The highest BCUT2D eigenvalue weighted by molar-refractivity contribution is 7.90. The quantitative estimate of drug-likeness (QED) is 0.667. The Morgan fingerprint density at radius 3 is 2.42 bits per heavy atom. The van der Waals surface area contributed by atoms with Crippen LogP contribution in [0, 0.1) is 0 Å². The van der Waals surface area contributed by atoms with Crippen molar-refractivity contribution in [2.45, 2.75) is 4.90 Å². The second-order valence-electron chi connectivity index (χ2n) is 5.35. The number of ether oxygens (including phenoxy) is 1. The van der Waals surface area contributed by atoms with Crippen LogP contribution in [0.2, 0.25) is 10.0 Å². The Balaban J connectivity index is 1.90. The van der Waals surface area contributed by atoms with Crippen LogP contribution in [-0.4, -0.2) is 32.7 Å². The first kappa shape index (κ1) is 18.9. The fourth-order valence-electron chi connectivity index (χ4n) is 2.24. The molecule has 0 spiro atoms. The summed E-state index contributed by atoms with van der Waals surface area (Å²) in [6.07, 6.45) is 1.13. The fraction of sp³-hybridized carbons (Fsp3) is 0.125. The average Bonchev–Trinajstić information content (AvgIpc) is 2.94. The number of sulfone groups is 1. The van der Waals surface area contributed by atoms with Crippen LogP contribution >= 0.6 is 34.5 Å². The first-order valence-corrected chi connectivity index (χ1v) is 10.6. The number of hydrogen-bond donors (Lipinski definition) is 1. The summed E-state index contributed by atoms with van der Waals surface area (Å²) in [6, 6.07) is 7.48. The number of nitrogens with one attached hydrogen (secondary N) is 1. The van der Waals surface area contributed by atoms with Crippen molar-refractivity contribution in [3.05, 3.63) is 45.9 Å². The van der Waals surface area contributed by atoms with Crippen LogP contribution < -0.4 is 10.1 Å². The van der Waals surface area contributed by atoms with Crippen molar-refractivity contribution < 1.29 is 17.9 Å². The molecule has 3 rings (SSSR count). The lowest BCUT2D eigenvalue weighted by Crippen LogP contribution is -2.11. The number of rotatable bonds is 4. The highest BCUT2D eigenvalue weighted by atomic mass is 35.5. The number of nitrogens with zero attached hydrogens (tertiary/aromatic N) is 1. The van der Waals surface area contributed by atoms with Crippen LogP contribution in [-0.2, 0) is 9.84 Å². The molecule has 0 aliphatic heterocycles. The van der Waals surface area contributed by atoms with Gasteiger partial charge in [0.15, 0.2) is 20.7 Å². The molecule has 0 unspecified atom stereocenters. The first-order valence-electron chi connectivity index (χ1n) is 7.14. The molecule has 0 saturated heterocycles. The summed E-state index contributed by atoms with van der Waals surface area (Å²) in [6.45, 7) is 0. The van der Waals surface area contributed by atoms with Gasteiger partial charge in [-0.2, -0.15) is 0 Å². The van der Waals surface area contributed by atoms with Gasteiger partial charge >= 0.3 is 0 Å². The van der Waals surface area contributed by atoms with Crippen molar-refractivity contribution in [1.29, 1.82) is 0 Å². The Kier molecular flexibility index (Phi) is 5.12. The van der Waals surface area contributed by atoms with Crippen LogP contribution in [0.25, 0.3) is 10.2 Å². The maximum atomic E-state index is 12.4. The maximum absolute atomic E-state index is 12.4. The zero-order chi connectivity index (χ0) is 19.1. The SMILES string of the molecule is COc1c(Cl)cc(C(=O)Nc2nc3ccc(S(C)(=O)=O)cc3s2)cc1Cl. The van der Waals surface area contributed by atoms with Gasteiger partial charge in [0, 0.05) is 11.8 Å². The molecule has 1 amide bonds. The number of carbonyl (C=O) groups is 1. The zero-order valence-corrected chi connectivity index (χ0v) is 16.7. The van der Waals surface area contributed by atoms with E-state index >= 15 is 0 Å². The first-order chi connectivity index (χ1) is 12.2. The average molecular weight is 431 g/mol. The molecule has 0 saturated carbocycles. The summed E-state index contributed by atoms with van der Waals surface area (Å²) in [7, 11) is -1.89. The third kappa shape index (κ3) is 3.78. The second kappa shape index (κ2) is 7.03. The molecule has 0 radical (unpaired) electrons. The normalized spacial score (nSPS) is 11.5. The monoisotopic (exact) mass is 430 g/mol. The number of amides is 1. The van der Waals surface area contributed by atoms with Gasteiger partial charge < -0.3 is 4.74 Å². The molecule has 0 aliphatic rings. The summed E-state index contributed by atoms with van der Waals surface area (Å²) < 4.78 is 29.0. The number of fused-ring (bicyclic) bond motifs is 1. The number of anilines is 1. The Hall–Kier alpha value is -1.87. The Morgan fingerprint density at radius 1 is 1.19 bits per heavy atom. The van der Waals surface area contributed by atoms with Crippen LogP contribution in [0.15, 0.2) is 35.2 Å². The van der Waals surface area contributed by atoms with Gasteiger partial charge in [-0.25, -0.2) is 13.4 Å². The predicted octanol–water partition coefficient (Wildman–Crippen LogP) is 4.27. The number of thiazole rings is 1. The minimum atomic E-state index is -3.32. The molecule has 0 atom stereocenters. The largest absolute Gasteiger partial charge is 0.494 e. The van der Waals surface area contributed by atoms with Crippen molar-refractivity contribution in [1.82, 2.24) is 4.98 Å². The maximum Gasteiger partial charge on any atom is 0.257 e. The van der Waals surface area contributed by atoms with E-state index in [0.29, 0.717) is 15.3 Å². The van der Waals surface area contributed by atoms with Crippen LogP contribution in [0.5, 0.6) is 5.75 Å². The lowest BCUT2D eigenvalue weighted by molar-refractivity contribution is 0.102. The van der Waals surface area contributed by atoms with Gasteiger partial charge in [-0.1, -0.05) is 34.5 Å². The van der Waals surface area contributed by atoms with E-state index in [4.69, 9.17) is 27.9 Å². The number of benzene rings is 2. The molecule has 2 aromatic carbocycles. The Bertz CT molecular complexity index is 1100. The summed E-state index contributed by atoms with van der Waals surface area (Å²) >= 11 is 13.3. The van der Waals surface area contributed by atoms with Crippen molar-refractivity contribution >= 4 is 65.6 Å². The van der Waals surface area contributed by atoms with Crippen molar-refractivity contribution in [2.24, 2.45) is 0 Å². The topological polar surface area (TPSA) is 85.4 Å². The molecule has 26 heavy (non-hydrogen) atoms. The van der Waals surface area contributed by atoms with Crippen LogP contribution in [0.4, 0.5) is 5.13 Å². The molecule has 1 heterocycles. The molecule has 0 fully saturated rings. The van der Waals surface area contributed by atoms with E-state index in [1.54, 1.807) is 6.07 Å². The van der Waals surface area contributed by atoms with Crippen LogP contribution in [0.1, 0.15) is 10.4 Å². The van der Waals surface area contributed by atoms with Gasteiger partial charge in [-0.15, -0.1) is 0 Å². The number of methoxy groups -OCH3 is 1. The van der Waals surface area contributed by atoms with E-state index < -0.39 is 15.7 Å². The third-order valence-electron chi connectivity index (χ3n) is 3.47. The number of halogens is 2. The van der Waals surface area contributed by atoms with Gasteiger partial charge in [0.2, 0.25) is 0 Å². The number of carbonyl (C=O) groups excluding carboxylic acids is 1. The molecule has 10 heteroatoms. The predicted molar refractivity (Wildman–Crippen MR) is 104 cm³/mol. The standard InChI is InChI=1S/C16H12Cl2N2O4S2/c1-24-14-10(17)5-8(6-11(14)18)15(21)20-16-19-12-4-3-9(26(2,22)23)7-13(12)25-16/h3-7H,1-2H3,(H,19,20,21). The van der Waals surface area contributed by atoms with Crippen molar-refractivity contribution in [2.75, 3.05) is 18.7 Å².